The van der Waals surface area contributed by atoms with Gasteiger partial charge >= 0.3 is 6.18 Å². The van der Waals surface area contributed by atoms with Crippen LogP contribution in [0.3, 0.4) is 0 Å². The van der Waals surface area contributed by atoms with E-state index in [1.165, 1.54) is 25.4 Å². The second kappa shape index (κ2) is 20.7. The van der Waals surface area contributed by atoms with E-state index in [1.807, 2.05) is 30.3 Å². The van der Waals surface area contributed by atoms with E-state index in [-0.39, 0.29) is 67.3 Å². The van der Waals surface area contributed by atoms with Crippen molar-refractivity contribution in [3.8, 4) is 11.5 Å². The number of imide groups is 2. The lowest BCUT2D eigenvalue weighted by atomic mass is 9.81. The van der Waals surface area contributed by atoms with Crippen molar-refractivity contribution >= 4 is 41.5 Å². The van der Waals surface area contributed by atoms with E-state index in [0.717, 1.165) is 48.1 Å². The standard InChI is InChI=1S/C46H52F3N5O8/c1-53(21-6-4-3-5-7-22-62-34-17-18-35-36(26-34)45(60)54(44(35)59)38-19-20-40(55)52-43(38)58)41(56)24-30-9-8-10-31(23-30)27-51-42(57)37-25-32(39(61-2)28-50-37)14-11-29-12-15-33(16-13-29)46(47,48)49/h8-11,14,17-18,23,25-26,28-29,33,38H,3-7,12-13,15-16,19-22,24,27H2,1-2H3,(H,51,57)(H,52,55,58)/b14-11+. The van der Waals surface area contributed by atoms with E-state index in [9.17, 15) is 41.9 Å². The Morgan fingerprint density at radius 1 is 0.919 bits per heavy atom. The fourth-order valence-electron chi connectivity index (χ4n) is 8.03. The number of piperidine rings is 1. The number of hydrogen-bond donors (Lipinski definition) is 2. The highest BCUT2D eigenvalue weighted by Crippen LogP contribution is 2.40. The third-order valence-electron chi connectivity index (χ3n) is 11.7. The van der Waals surface area contributed by atoms with Gasteiger partial charge in [0, 0.05) is 32.1 Å². The first-order valence-electron chi connectivity index (χ1n) is 21.1. The SMILES string of the molecule is COc1cnc(C(=O)NCc2cccc(CC(=O)N(C)CCCCCCCOc3ccc4c(c3)C(=O)N(C3CCC(=O)NC3=O)C4=O)c2)cc1/C=C/C1CCC(C(F)(F)F)CC1. The molecule has 0 spiro atoms. The summed E-state index contributed by atoms with van der Waals surface area (Å²) < 4.78 is 50.5. The molecule has 1 aliphatic carbocycles. The number of alkyl halides is 3. The van der Waals surface area contributed by atoms with Gasteiger partial charge in [-0.1, -0.05) is 55.7 Å². The molecule has 1 saturated carbocycles. The number of unbranched alkanes of at least 4 members (excludes halogenated alkanes) is 4. The van der Waals surface area contributed by atoms with Crippen LogP contribution in [0.15, 0.2) is 60.8 Å². The smallest absolute Gasteiger partial charge is 0.391 e. The molecule has 330 valence electrons. The summed E-state index contributed by atoms with van der Waals surface area (Å²) in [4.78, 5) is 82.8. The molecule has 1 aromatic heterocycles. The Hall–Kier alpha value is -6.06. The zero-order valence-electron chi connectivity index (χ0n) is 34.9. The molecule has 3 aliphatic rings. The molecular formula is C46H52F3N5O8. The fraction of sp³-hybridized carbons (Fsp3) is 0.457. The minimum Gasteiger partial charge on any atom is -0.495 e. The fourth-order valence-corrected chi connectivity index (χ4v) is 8.03. The topological polar surface area (TPSA) is 164 Å². The van der Waals surface area contributed by atoms with Crippen LogP contribution in [0, 0.1) is 11.8 Å². The number of methoxy groups -OCH3 is 1. The summed E-state index contributed by atoms with van der Waals surface area (Å²) in [7, 11) is 3.27. The summed E-state index contributed by atoms with van der Waals surface area (Å²) in [6.07, 6.45) is 6.76. The average molecular weight is 860 g/mol. The van der Waals surface area contributed by atoms with E-state index in [2.05, 4.69) is 15.6 Å². The minimum absolute atomic E-state index is 0.00812. The summed E-state index contributed by atoms with van der Waals surface area (Å²) in [6, 6.07) is 12.7. The molecular weight excluding hydrogens is 808 g/mol. The predicted octanol–water partition coefficient (Wildman–Crippen LogP) is 6.83. The van der Waals surface area contributed by atoms with Crippen LogP contribution in [0.5, 0.6) is 11.5 Å². The summed E-state index contributed by atoms with van der Waals surface area (Å²) in [5.41, 5.74) is 2.78. The number of nitrogens with one attached hydrogen (secondary N) is 2. The zero-order chi connectivity index (χ0) is 44.4. The van der Waals surface area contributed by atoms with Crippen molar-refractivity contribution in [2.45, 2.75) is 95.8 Å². The molecule has 2 aliphatic heterocycles. The van der Waals surface area contributed by atoms with Crippen LogP contribution in [0.4, 0.5) is 13.2 Å². The van der Waals surface area contributed by atoms with Gasteiger partial charge in [0.1, 0.15) is 23.2 Å². The molecule has 1 atom stereocenters. The molecule has 2 aromatic carbocycles. The number of nitrogens with zero attached hydrogens (tertiary/aromatic N) is 3. The van der Waals surface area contributed by atoms with E-state index in [4.69, 9.17) is 9.47 Å². The normalized spacial score (nSPS) is 19.0. The zero-order valence-corrected chi connectivity index (χ0v) is 34.9. The van der Waals surface area contributed by atoms with Crippen LogP contribution in [-0.4, -0.2) is 89.8 Å². The Balaban J connectivity index is 0.870. The van der Waals surface area contributed by atoms with E-state index in [1.54, 1.807) is 30.2 Å². The molecule has 16 heteroatoms. The molecule has 3 aromatic rings. The van der Waals surface area contributed by atoms with Gasteiger partial charge in [0.05, 0.1) is 43.4 Å². The van der Waals surface area contributed by atoms with Crippen LogP contribution in [0.2, 0.25) is 0 Å². The number of fused-ring (bicyclic) bond motifs is 1. The maximum Gasteiger partial charge on any atom is 0.391 e. The first-order valence-corrected chi connectivity index (χ1v) is 21.1. The maximum absolute atomic E-state index is 13.1. The van der Waals surface area contributed by atoms with Crippen LogP contribution < -0.4 is 20.1 Å². The van der Waals surface area contributed by atoms with Crippen molar-refractivity contribution in [1.82, 2.24) is 25.4 Å². The number of allylic oxidation sites excluding steroid dienone is 1. The number of halogens is 3. The number of aromatic nitrogens is 1. The molecule has 6 amide bonds. The third kappa shape index (κ3) is 11.6. The lowest BCUT2D eigenvalue weighted by molar-refractivity contribution is -0.183. The highest BCUT2D eigenvalue weighted by molar-refractivity contribution is 6.23. The highest BCUT2D eigenvalue weighted by atomic mass is 19.4. The number of carbonyl (C=O) groups is 6. The number of ether oxygens (including phenoxy) is 2. The number of hydrogen-bond acceptors (Lipinski definition) is 9. The second-order valence-corrected chi connectivity index (χ2v) is 16.1. The number of pyridine rings is 1. The van der Waals surface area contributed by atoms with E-state index < -0.39 is 47.7 Å². The summed E-state index contributed by atoms with van der Waals surface area (Å²) in [5, 5.41) is 5.06. The number of likely N-dealkylation sites (N-methyl/N-ethyl adjacent to an activating group) is 1. The Kier molecular flexibility index (Phi) is 15.2. The van der Waals surface area contributed by atoms with Gasteiger partial charge < -0.3 is 19.7 Å². The number of rotatable bonds is 18. The van der Waals surface area contributed by atoms with Crippen LogP contribution in [0.25, 0.3) is 6.08 Å². The van der Waals surface area contributed by atoms with Crippen LogP contribution in [-0.2, 0) is 27.3 Å². The van der Waals surface area contributed by atoms with Gasteiger partial charge in [-0.15, -0.1) is 0 Å². The molecule has 1 saturated heterocycles. The molecule has 2 N–H and O–H groups in total. The van der Waals surface area contributed by atoms with E-state index in [0.29, 0.717) is 43.1 Å². The number of carbonyl (C=O) groups excluding carboxylic acids is 6. The molecule has 0 bridgehead atoms. The Bertz CT molecular complexity index is 2190. The first-order chi connectivity index (χ1) is 29.7. The number of amides is 6. The van der Waals surface area contributed by atoms with Crippen molar-refractivity contribution in [3.63, 3.8) is 0 Å². The predicted molar refractivity (Wildman–Crippen MR) is 222 cm³/mol. The summed E-state index contributed by atoms with van der Waals surface area (Å²) >= 11 is 0. The van der Waals surface area contributed by atoms with Gasteiger partial charge in [-0.3, -0.25) is 39.0 Å². The largest absolute Gasteiger partial charge is 0.495 e. The lowest BCUT2D eigenvalue weighted by Crippen LogP contribution is -2.54. The van der Waals surface area contributed by atoms with Crippen molar-refractivity contribution in [3.05, 3.63) is 94.3 Å². The van der Waals surface area contributed by atoms with Crippen LogP contribution >= 0.6 is 0 Å². The first kappa shape index (κ1) is 45.5. The number of benzene rings is 2. The van der Waals surface area contributed by atoms with Crippen molar-refractivity contribution < 1.29 is 51.4 Å². The van der Waals surface area contributed by atoms with Gasteiger partial charge in [0.2, 0.25) is 17.7 Å². The average Bonchev–Trinajstić information content (AvgIpc) is 3.50. The molecule has 3 heterocycles. The van der Waals surface area contributed by atoms with Crippen molar-refractivity contribution in [1.29, 1.82) is 0 Å². The second-order valence-electron chi connectivity index (χ2n) is 16.1. The van der Waals surface area contributed by atoms with Gasteiger partial charge in [0.15, 0.2) is 0 Å². The maximum atomic E-state index is 13.1. The molecule has 0 radical (unpaired) electrons. The van der Waals surface area contributed by atoms with Gasteiger partial charge in [-0.25, -0.2) is 4.98 Å². The van der Waals surface area contributed by atoms with Gasteiger partial charge in [0.25, 0.3) is 17.7 Å². The van der Waals surface area contributed by atoms with Gasteiger partial charge in [-0.05, 0) is 86.3 Å². The highest BCUT2D eigenvalue weighted by Gasteiger charge is 2.45. The van der Waals surface area contributed by atoms with Gasteiger partial charge in [-0.2, -0.15) is 13.2 Å². The molecule has 13 nitrogen and oxygen atoms in total. The summed E-state index contributed by atoms with van der Waals surface area (Å²) in [6.45, 7) is 1.23. The third-order valence-corrected chi connectivity index (χ3v) is 11.7. The quantitative estimate of drug-likeness (QED) is 0.103. The Labute approximate surface area is 358 Å². The summed E-state index contributed by atoms with van der Waals surface area (Å²) in [5.74, 6) is -3.00. The van der Waals surface area contributed by atoms with E-state index >= 15 is 0 Å². The molecule has 62 heavy (non-hydrogen) atoms. The van der Waals surface area contributed by atoms with Crippen LogP contribution in [0.1, 0.15) is 119 Å². The molecule has 1 unspecified atom stereocenters. The molecule has 6 rings (SSSR count). The Morgan fingerprint density at radius 3 is 2.39 bits per heavy atom. The minimum atomic E-state index is -4.16. The monoisotopic (exact) mass is 859 g/mol. The lowest BCUT2D eigenvalue weighted by Gasteiger charge is -2.28. The van der Waals surface area contributed by atoms with Crippen molar-refractivity contribution in [2.24, 2.45) is 11.8 Å². The molecule has 2 fully saturated rings. The Morgan fingerprint density at radius 2 is 1.65 bits per heavy atom. The van der Waals surface area contributed by atoms with Crippen molar-refractivity contribution in [2.75, 3.05) is 27.3 Å².